The molecule has 0 atom stereocenters. The molecule has 0 aromatic carbocycles. The summed E-state index contributed by atoms with van der Waals surface area (Å²) in [6, 6.07) is 4.05. The van der Waals surface area contributed by atoms with Crippen LogP contribution in [0.2, 0.25) is 0 Å². The summed E-state index contributed by atoms with van der Waals surface area (Å²) in [5.41, 5.74) is 3.04. The SMILES string of the molecule is C1=C/C(=C(\c2ccc[nH]2)N2CCOCCOCCOCCOCC2)N=C1. The van der Waals surface area contributed by atoms with Crippen molar-refractivity contribution in [1.29, 1.82) is 0 Å². The molecule has 0 aliphatic carbocycles. The molecule has 0 amide bonds. The molecule has 3 rings (SSSR count). The van der Waals surface area contributed by atoms with E-state index in [0.717, 1.165) is 30.2 Å². The summed E-state index contributed by atoms with van der Waals surface area (Å²) in [5.74, 6) is 0. The van der Waals surface area contributed by atoms with Gasteiger partial charge >= 0.3 is 0 Å². The molecule has 0 bridgehead atoms. The summed E-state index contributed by atoms with van der Waals surface area (Å²) in [6.45, 7) is 6.23. The van der Waals surface area contributed by atoms with Crippen LogP contribution in [-0.4, -0.2) is 82.0 Å². The number of hydrogen-bond acceptors (Lipinski definition) is 6. The van der Waals surface area contributed by atoms with Crippen molar-refractivity contribution in [2.24, 2.45) is 4.99 Å². The van der Waals surface area contributed by atoms with Crippen LogP contribution in [0.1, 0.15) is 5.69 Å². The summed E-state index contributed by atoms with van der Waals surface area (Å²) in [6.07, 6.45) is 7.71. The maximum absolute atomic E-state index is 5.73. The molecule has 0 radical (unpaired) electrons. The van der Waals surface area contributed by atoms with E-state index in [4.69, 9.17) is 18.9 Å². The van der Waals surface area contributed by atoms with Crippen molar-refractivity contribution in [2.75, 3.05) is 65.9 Å². The summed E-state index contributed by atoms with van der Waals surface area (Å²) >= 11 is 0. The number of rotatable bonds is 2. The van der Waals surface area contributed by atoms with E-state index in [9.17, 15) is 0 Å². The van der Waals surface area contributed by atoms with Crippen LogP contribution < -0.4 is 0 Å². The lowest BCUT2D eigenvalue weighted by Crippen LogP contribution is -2.31. The van der Waals surface area contributed by atoms with Crippen molar-refractivity contribution < 1.29 is 18.9 Å². The number of nitrogens with zero attached hydrogens (tertiary/aromatic N) is 2. The topological polar surface area (TPSA) is 68.3 Å². The molecule has 1 saturated heterocycles. The lowest BCUT2D eigenvalue weighted by Gasteiger charge is -2.27. The molecule has 7 heteroatoms. The molecule has 0 unspecified atom stereocenters. The van der Waals surface area contributed by atoms with Crippen LogP contribution in [-0.2, 0) is 18.9 Å². The number of allylic oxidation sites excluding steroid dienone is 2. The van der Waals surface area contributed by atoms with Crippen LogP contribution in [0.5, 0.6) is 0 Å². The Hall–Kier alpha value is -1.93. The molecule has 1 aromatic heterocycles. The van der Waals surface area contributed by atoms with E-state index in [1.54, 1.807) is 0 Å². The van der Waals surface area contributed by atoms with Gasteiger partial charge in [0, 0.05) is 25.5 Å². The minimum absolute atomic E-state index is 0.580. The number of H-pyrrole nitrogens is 1. The van der Waals surface area contributed by atoms with Gasteiger partial charge in [0.25, 0.3) is 0 Å². The predicted molar refractivity (Wildman–Crippen MR) is 100 cm³/mol. The zero-order valence-corrected chi connectivity index (χ0v) is 15.1. The lowest BCUT2D eigenvalue weighted by molar-refractivity contribution is 0.00206. The first kappa shape index (κ1) is 18.8. The molecule has 3 heterocycles. The molecule has 2 aliphatic rings. The van der Waals surface area contributed by atoms with E-state index in [1.165, 1.54) is 0 Å². The number of aromatic nitrogens is 1. The fraction of sp³-hybridized carbons (Fsp3) is 0.526. The zero-order valence-electron chi connectivity index (χ0n) is 15.1. The first-order chi connectivity index (χ1) is 12.9. The summed E-state index contributed by atoms with van der Waals surface area (Å²) in [7, 11) is 0. The molecular weight excluding hydrogens is 334 g/mol. The van der Waals surface area contributed by atoms with Gasteiger partial charge in [-0.3, -0.25) is 4.99 Å². The van der Waals surface area contributed by atoms with Crippen molar-refractivity contribution in [3.8, 4) is 0 Å². The highest BCUT2D eigenvalue weighted by atomic mass is 16.6. The van der Waals surface area contributed by atoms with Gasteiger partial charge in [-0.15, -0.1) is 0 Å². The minimum Gasteiger partial charge on any atom is -0.377 e. The van der Waals surface area contributed by atoms with Gasteiger partial charge in [0.1, 0.15) is 0 Å². The standard InChI is InChI=1S/C19H27N3O4/c1-3-17(20-5-1)19(18-4-2-6-21-18)22-7-9-23-11-13-25-15-16-26-14-12-24-10-8-22/h1-6,20H,7-16H2/b19-18-. The van der Waals surface area contributed by atoms with Crippen LogP contribution in [0, 0.1) is 0 Å². The van der Waals surface area contributed by atoms with E-state index in [-0.39, 0.29) is 0 Å². The van der Waals surface area contributed by atoms with Crippen LogP contribution >= 0.6 is 0 Å². The first-order valence-electron chi connectivity index (χ1n) is 9.10. The maximum atomic E-state index is 5.73. The van der Waals surface area contributed by atoms with E-state index in [0.29, 0.717) is 52.9 Å². The van der Waals surface area contributed by atoms with Crippen LogP contribution in [0.4, 0.5) is 0 Å². The average molecular weight is 361 g/mol. The molecule has 0 saturated carbocycles. The highest BCUT2D eigenvalue weighted by molar-refractivity contribution is 5.82. The number of hydrogen-bond donors (Lipinski definition) is 1. The van der Waals surface area contributed by atoms with Crippen LogP contribution in [0.3, 0.4) is 0 Å². The predicted octanol–water partition coefficient (Wildman–Crippen LogP) is 1.71. The Morgan fingerprint density at radius 2 is 1.50 bits per heavy atom. The molecule has 7 nitrogen and oxygen atoms in total. The third-order valence-corrected chi connectivity index (χ3v) is 4.09. The Labute approximate surface area is 154 Å². The third-order valence-electron chi connectivity index (χ3n) is 4.09. The number of aliphatic imine (C=N–C) groups is 1. The summed E-state index contributed by atoms with van der Waals surface area (Å²) in [4.78, 5) is 10.1. The zero-order chi connectivity index (χ0) is 17.9. The second kappa shape index (κ2) is 10.9. The van der Waals surface area contributed by atoms with Gasteiger partial charge in [-0.1, -0.05) is 0 Å². The highest BCUT2D eigenvalue weighted by Crippen LogP contribution is 2.25. The fourth-order valence-corrected chi connectivity index (χ4v) is 2.84. The monoisotopic (exact) mass is 361 g/mol. The van der Waals surface area contributed by atoms with Gasteiger partial charge in [-0.05, 0) is 24.3 Å². The first-order valence-corrected chi connectivity index (χ1v) is 9.10. The minimum atomic E-state index is 0.580. The van der Waals surface area contributed by atoms with Gasteiger partial charge in [0.2, 0.25) is 0 Å². The van der Waals surface area contributed by atoms with Crippen molar-refractivity contribution in [3.05, 3.63) is 41.9 Å². The number of ether oxygens (including phenoxy) is 4. The smallest absolute Gasteiger partial charge is 0.0885 e. The van der Waals surface area contributed by atoms with E-state index < -0.39 is 0 Å². The van der Waals surface area contributed by atoms with Crippen molar-refractivity contribution in [2.45, 2.75) is 0 Å². The summed E-state index contributed by atoms with van der Waals surface area (Å²) in [5, 5.41) is 0. The molecule has 2 aliphatic heterocycles. The van der Waals surface area contributed by atoms with Crippen molar-refractivity contribution in [3.63, 3.8) is 0 Å². The third kappa shape index (κ3) is 5.81. The second-order valence-corrected chi connectivity index (χ2v) is 5.89. The van der Waals surface area contributed by atoms with Gasteiger partial charge in [0.05, 0.1) is 69.9 Å². The van der Waals surface area contributed by atoms with Gasteiger partial charge < -0.3 is 28.8 Å². The Bertz CT molecular complexity index is 580. The van der Waals surface area contributed by atoms with Crippen LogP contribution in [0.15, 0.2) is 41.2 Å². The molecular formula is C19H27N3O4. The molecule has 1 fully saturated rings. The van der Waals surface area contributed by atoms with Gasteiger partial charge in [-0.2, -0.15) is 0 Å². The van der Waals surface area contributed by atoms with Crippen LogP contribution in [0.25, 0.3) is 5.70 Å². The number of nitrogens with one attached hydrogen (secondary N) is 1. The molecule has 1 N–H and O–H groups in total. The van der Waals surface area contributed by atoms with Crippen molar-refractivity contribution in [1.82, 2.24) is 9.88 Å². The molecule has 0 spiro atoms. The lowest BCUT2D eigenvalue weighted by atomic mass is 10.2. The molecule has 1 aromatic rings. The Morgan fingerprint density at radius 3 is 2.00 bits per heavy atom. The Balaban J connectivity index is 1.70. The van der Waals surface area contributed by atoms with Gasteiger partial charge in [-0.25, -0.2) is 0 Å². The van der Waals surface area contributed by atoms with Crippen molar-refractivity contribution >= 4 is 11.9 Å². The number of aromatic amines is 1. The molecule has 142 valence electrons. The second-order valence-electron chi connectivity index (χ2n) is 5.89. The van der Waals surface area contributed by atoms with E-state index in [2.05, 4.69) is 20.9 Å². The largest absolute Gasteiger partial charge is 0.377 e. The fourth-order valence-electron chi connectivity index (χ4n) is 2.84. The normalized spacial score (nSPS) is 22.8. The quantitative estimate of drug-likeness (QED) is 0.868. The maximum Gasteiger partial charge on any atom is 0.0885 e. The molecule has 26 heavy (non-hydrogen) atoms. The van der Waals surface area contributed by atoms with E-state index in [1.807, 2.05) is 30.6 Å². The Kier molecular flexibility index (Phi) is 7.92. The average Bonchev–Trinajstić information content (AvgIpc) is 3.35. The van der Waals surface area contributed by atoms with E-state index >= 15 is 0 Å². The summed E-state index contributed by atoms with van der Waals surface area (Å²) < 4.78 is 22.4. The van der Waals surface area contributed by atoms with Gasteiger partial charge in [0.15, 0.2) is 0 Å². The highest BCUT2D eigenvalue weighted by Gasteiger charge is 2.18. The Morgan fingerprint density at radius 1 is 0.885 bits per heavy atom.